The summed E-state index contributed by atoms with van der Waals surface area (Å²) in [7, 11) is 0. The zero-order valence-corrected chi connectivity index (χ0v) is 28.7. The van der Waals surface area contributed by atoms with Crippen molar-refractivity contribution in [3.63, 3.8) is 0 Å². The quantitative estimate of drug-likeness (QED) is 0.237. The van der Waals surface area contributed by atoms with Crippen LogP contribution in [-0.4, -0.2) is 23.2 Å². The van der Waals surface area contributed by atoms with Gasteiger partial charge >= 0.3 is 19.5 Å². The van der Waals surface area contributed by atoms with Gasteiger partial charge in [-0.2, -0.15) is 0 Å². The molecule has 45 heavy (non-hydrogen) atoms. The smallest absolute Gasteiger partial charge is 0.858 e. The SMILES string of the molecule is CC1(C)C(/C=C2\N=C([O-])c3ccccc32)=Nc2ccccc21.CC1(C)C(/C=C2\N=C([O-])c3ccccc32)=Nc2ccccc21.[Zn+2]. The first-order chi connectivity index (χ1) is 21.1. The summed E-state index contributed by atoms with van der Waals surface area (Å²) in [5, 5.41) is 24.0. The summed E-state index contributed by atoms with van der Waals surface area (Å²) < 4.78 is 0. The molecule has 4 aliphatic rings. The molecule has 6 nitrogen and oxygen atoms in total. The molecule has 0 atom stereocenters. The van der Waals surface area contributed by atoms with E-state index in [4.69, 9.17) is 9.98 Å². The Balaban J connectivity index is 0.000000155. The molecule has 0 saturated carbocycles. The summed E-state index contributed by atoms with van der Waals surface area (Å²) in [6, 6.07) is 31.4. The fourth-order valence-corrected chi connectivity index (χ4v) is 6.16. The maximum atomic E-state index is 12.0. The number of rotatable bonds is 2. The molecule has 4 aromatic carbocycles. The molecule has 0 bridgehead atoms. The fraction of sp³-hybridized carbons (Fsp3) is 0.158. The number of aliphatic imine (C=N–C) groups is 4. The summed E-state index contributed by atoms with van der Waals surface area (Å²) in [5.41, 5.74) is 10.5. The van der Waals surface area contributed by atoms with Gasteiger partial charge in [-0.25, -0.2) is 0 Å². The topological polar surface area (TPSA) is 95.6 Å². The van der Waals surface area contributed by atoms with Crippen LogP contribution in [0.4, 0.5) is 11.4 Å². The normalized spacial score (nSPS) is 19.2. The molecular formula is C38H30N4O2Zn. The molecule has 4 aliphatic heterocycles. The van der Waals surface area contributed by atoms with E-state index in [9.17, 15) is 10.2 Å². The number of hydrogen-bond donors (Lipinski definition) is 0. The largest absolute Gasteiger partial charge is 2.00 e. The van der Waals surface area contributed by atoms with Crippen molar-refractivity contribution < 1.29 is 29.7 Å². The number of para-hydroxylation sites is 2. The predicted octanol–water partition coefficient (Wildman–Crippen LogP) is 6.42. The van der Waals surface area contributed by atoms with Gasteiger partial charge in [0.15, 0.2) is 0 Å². The Kier molecular flexibility index (Phi) is 7.62. The molecule has 0 aliphatic carbocycles. The fourth-order valence-electron chi connectivity index (χ4n) is 6.16. The van der Waals surface area contributed by atoms with E-state index in [0.29, 0.717) is 22.5 Å². The van der Waals surface area contributed by atoms with Crippen molar-refractivity contribution in [3.05, 3.63) is 143 Å². The van der Waals surface area contributed by atoms with Gasteiger partial charge in [0.2, 0.25) is 0 Å². The number of nitrogens with zero attached hydrogens (tertiary/aromatic N) is 4. The van der Waals surface area contributed by atoms with E-state index in [1.165, 1.54) is 11.1 Å². The summed E-state index contributed by atoms with van der Waals surface area (Å²) >= 11 is 0. The second kappa shape index (κ2) is 11.3. The number of allylic oxidation sites excluding steroid dienone is 2. The predicted molar refractivity (Wildman–Crippen MR) is 175 cm³/mol. The van der Waals surface area contributed by atoms with Crippen molar-refractivity contribution in [2.75, 3.05) is 0 Å². The van der Waals surface area contributed by atoms with Gasteiger partial charge < -0.3 is 10.2 Å². The van der Waals surface area contributed by atoms with Crippen LogP contribution < -0.4 is 10.2 Å². The van der Waals surface area contributed by atoms with Gasteiger partial charge in [-0.1, -0.05) is 113 Å². The molecule has 0 unspecified atom stereocenters. The van der Waals surface area contributed by atoms with Crippen LogP contribution in [0.3, 0.4) is 0 Å². The first-order valence-electron chi connectivity index (χ1n) is 14.7. The third-order valence-corrected chi connectivity index (χ3v) is 8.78. The molecule has 0 amide bonds. The Labute approximate surface area is 275 Å². The molecule has 0 saturated heterocycles. The van der Waals surface area contributed by atoms with E-state index < -0.39 is 0 Å². The van der Waals surface area contributed by atoms with E-state index in [2.05, 4.69) is 49.8 Å². The molecule has 216 valence electrons. The van der Waals surface area contributed by atoms with Crippen LogP contribution in [0.25, 0.3) is 11.4 Å². The van der Waals surface area contributed by atoms with Crippen molar-refractivity contribution in [3.8, 4) is 0 Å². The third-order valence-electron chi connectivity index (χ3n) is 8.78. The van der Waals surface area contributed by atoms with Gasteiger partial charge in [0.25, 0.3) is 0 Å². The molecule has 0 spiro atoms. The molecule has 4 aromatic rings. The Morgan fingerprint density at radius 3 is 1.18 bits per heavy atom. The monoisotopic (exact) mass is 638 g/mol. The van der Waals surface area contributed by atoms with Crippen LogP contribution in [0.1, 0.15) is 61.1 Å². The number of benzene rings is 4. The van der Waals surface area contributed by atoms with Crippen LogP contribution >= 0.6 is 0 Å². The molecule has 0 fully saturated rings. The van der Waals surface area contributed by atoms with Crippen molar-refractivity contribution in [2.24, 2.45) is 20.0 Å². The van der Waals surface area contributed by atoms with Crippen LogP contribution in [0.2, 0.25) is 0 Å². The Morgan fingerprint density at radius 1 is 0.467 bits per heavy atom. The van der Waals surface area contributed by atoms with Crippen LogP contribution in [0.15, 0.2) is 129 Å². The zero-order valence-electron chi connectivity index (χ0n) is 25.7. The van der Waals surface area contributed by atoms with Gasteiger partial charge in [0.1, 0.15) is 0 Å². The second-order valence-corrected chi connectivity index (χ2v) is 12.3. The average Bonchev–Trinajstić information content (AvgIpc) is 3.68. The van der Waals surface area contributed by atoms with Crippen LogP contribution in [0.5, 0.6) is 0 Å². The minimum atomic E-state index is -0.181. The average molecular weight is 640 g/mol. The van der Waals surface area contributed by atoms with Crippen molar-refractivity contribution in [1.82, 2.24) is 0 Å². The molecule has 0 N–H and O–H groups in total. The van der Waals surface area contributed by atoms with Gasteiger partial charge in [-0.15, -0.1) is 0 Å². The minimum absolute atomic E-state index is 0. The van der Waals surface area contributed by atoms with E-state index in [0.717, 1.165) is 33.9 Å². The molecule has 0 aromatic heterocycles. The third kappa shape index (κ3) is 5.11. The Hall–Kier alpha value is -4.74. The second-order valence-electron chi connectivity index (χ2n) is 12.3. The van der Waals surface area contributed by atoms with Gasteiger partial charge in [-0.05, 0) is 58.3 Å². The molecule has 8 rings (SSSR count). The zero-order chi connectivity index (χ0) is 30.6. The summed E-state index contributed by atoms with van der Waals surface area (Å²) in [5.74, 6) is -0.341. The van der Waals surface area contributed by atoms with Crippen LogP contribution in [0, 0.1) is 0 Å². The number of fused-ring (bicyclic) bond motifs is 4. The van der Waals surface area contributed by atoms with Crippen molar-refractivity contribution in [1.29, 1.82) is 0 Å². The summed E-state index contributed by atoms with van der Waals surface area (Å²) in [4.78, 5) is 17.8. The molecule has 0 radical (unpaired) electrons. The van der Waals surface area contributed by atoms with Gasteiger partial charge in [-0.3, -0.25) is 20.0 Å². The Bertz CT molecular complexity index is 1900. The number of hydrogen-bond acceptors (Lipinski definition) is 6. The van der Waals surface area contributed by atoms with Gasteiger partial charge in [0.05, 0.1) is 34.2 Å². The Morgan fingerprint density at radius 2 is 0.800 bits per heavy atom. The van der Waals surface area contributed by atoms with E-state index in [1.807, 2.05) is 97.1 Å². The molecular weight excluding hydrogens is 610 g/mol. The first-order valence-corrected chi connectivity index (χ1v) is 14.7. The summed E-state index contributed by atoms with van der Waals surface area (Å²) in [6.07, 6.45) is 3.90. The van der Waals surface area contributed by atoms with Crippen molar-refractivity contribution in [2.45, 2.75) is 38.5 Å². The van der Waals surface area contributed by atoms with E-state index in [-0.39, 0.29) is 42.1 Å². The molecule has 7 heteroatoms. The maximum Gasteiger partial charge on any atom is 2.00 e. The molecule has 4 heterocycles. The minimum Gasteiger partial charge on any atom is -0.858 e. The van der Waals surface area contributed by atoms with E-state index in [1.54, 1.807) is 0 Å². The van der Waals surface area contributed by atoms with E-state index >= 15 is 0 Å². The van der Waals surface area contributed by atoms with Crippen LogP contribution in [-0.2, 0) is 30.3 Å². The van der Waals surface area contributed by atoms with Gasteiger partial charge in [0, 0.05) is 22.0 Å². The van der Waals surface area contributed by atoms with Crippen molar-refractivity contribution >= 4 is 46.0 Å². The standard InChI is InChI=1S/2C19H16N2O.Zn/c2*1-19(2)14-9-5-6-10-15(14)20-17(19)11-16-12-7-3-4-8-13(12)18(22)21-16;/h2*3-11H,1-2H3,(H,21,22);/q;;+2/p-2/b2*16-11-;. The first kappa shape index (κ1) is 30.3. The maximum absolute atomic E-state index is 12.0. The summed E-state index contributed by atoms with van der Waals surface area (Å²) in [6.45, 7) is 8.60.